The van der Waals surface area contributed by atoms with E-state index in [0.29, 0.717) is 26.1 Å². The number of hydrogen-bond donors (Lipinski definition) is 4. The zero-order valence-corrected chi connectivity index (χ0v) is 26.0. The zero-order valence-electron chi connectivity index (χ0n) is 26.0. The minimum absolute atomic E-state index is 0.00928. The van der Waals surface area contributed by atoms with Crippen LogP contribution >= 0.6 is 0 Å². The van der Waals surface area contributed by atoms with Crippen LogP contribution in [0.3, 0.4) is 0 Å². The van der Waals surface area contributed by atoms with Crippen molar-refractivity contribution in [3.8, 4) is 0 Å². The summed E-state index contributed by atoms with van der Waals surface area (Å²) in [4.78, 5) is 53.5. The Morgan fingerprint density at radius 2 is 1.66 bits per heavy atom. The van der Waals surface area contributed by atoms with E-state index in [9.17, 15) is 19.2 Å². The summed E-state index contributed by atoms with van der Waals surface area (Å²) in [5.41, 5.74) is 2.70. The van der Waals surface area contributed by atoms with Gasteiger partial charge in [-0.25, -0.2) is 4.79 Å². The molecule has 0 aliphatic carbocycles. The van der Waals surface area contributed by atoms with Gasteiger partial charge in [-0.2, -0.15) is 0 Å². The number of benzene rings is 2. The third-order valence-electron chi connectivity index (χ3n) is 8.94. The number of fused-ring (bicyclic) bond motifs is 1. The third-order valence-corrected chi connectivity index (χ3v) is 8.94. The molecule has 0 bridgehead atoms. The molecule has 0 unspecified atom stereocenters. The number of aliphatic hydroxyl groups excluding tert-OH is 1. The maximum absolute atomic E-state index is 13.7. The molecule has 2 saturated heterocycles. The van der Waals surface area contributed by atoms with Gasteiger partial charge in [-0.3, -0.25) is 14.4 Å². The quantitative estimate of drug-likeness (QED) is 0.363. The molecule has 3 aliphatic heterocycles. The van der Waals surface area contributed by atoms with Crippen LogP contribution in [0.25, 0.3) is 0 Å². The maximum atomic E-state index is 13.7. The lowest BCUT2D eigenvalue weighted by atomic mass is 9.86. The van der Waals surface area contributed by atoms with Gasteiger partial charge in [0, 0.05) is 31.4 Å². The van der Waals surface area contributed by atoms with Gasteiger partial charge in [-0.15, -0.1) is 0 Å². The van der Waals surface area contributed by atoms with Gasteiger partial charge >= 0.3 is 5.97 Å². The molecule has 5 rings (SSSR count). The molecule has 2 fully saturated rings. The van der Waals surface area contributed by atoms with Crippen LogP contribution in [0.2, 0.25) is 0 Å². The largest absolute Gasteiger partial charge is 0.479 e. The van der Waals surface area contributed by atoms with Crippen molar-refractivity contribution in [3.05, 3.63) is 65.7 Å². The van der Waals surface area contributed by atoms with Crippen LogP contribution in [0.15, 0.2) is 54.6 Å². The minimum atomic E-state index is -1.23. The fourth-order valence-corrected chi connectivity index (χ4v) is 6.24. The summed E-state index contributed by atoms with van der Waals surface area (Å²) < 4.78 is 0. The molecule has 3 amide bonds. The van der Waals surface area contributed by atoms with Gasteiger partial charge in [-0.1, -0.05) is 48.5 Å². The predicted molar refractivity (Wildman–Crippen MR) is 168 cm³/mol. The Kier molecular flexibility index (Phi) is 11.2. The lowest BCUT2D eigenvalue weighted by Gasteiger charge is -2.39. The highest BCUT2D eigenvalue weighted by atomic mass is 16.4. The number of carbonyl (C=O) groups excluding carboxylic acids is 3. The SMILES string of the molecule is CC1(C)C(=O)N(C2CCN(C(=O)[C@H](CCc3ccccc3)NC(=O)[C@@H]3CCCNC3)CC2)c2ccccc21.C[C@H](O)C(=O)O. The smallest absolute Gasteiger partial charge is 0.332 e. The first-order chi connectivity index (χ1) is 21.0. The number of rotatable bonds is 8. The topological polar surface area (TPSA) is 139 Å². The van der Waals surface area contributed by atoms with Crippen LogP contribution in [-0.4, -0.2) is 83.2 Å². The number of piperidine rings is 2. The Balaban J connectivity index is 0.000000670. The van der Waals surface area contributed by atoms with Crippen LogP contribution in [0, 0.1) is 5.92 Å². The average Bonchev–Trinajstić information content (AvgIpc) is 3.24. The van der Waals surface area contributed by atoms with Gasteiger partial charge in [-0.05, 0) is 83.0 Å². The predicted octanol–water partition coefficient (Wildman–Crippen LogP) is 2.87. The van der Waals surface area contributed by atoms with Gasteiger partial charge in [0.1, 0.15) is 12.1 Å². The number of likely N-dealkylation sites (tertiary alicyclic amines) is 1. The highest BCUT2D eigenvalue weighted by Crippen LogP contribution is 2.43. The second-order valence-corrected chi connectivity index (χ2v) is 12.5. The fraction of sp³-hybridized carbons (Fsp3) is 0.529. The molecule has 3 aliphatic rings. The number of nitrogens with zero attached hydrogens (tertiary/aromatic N) is 2. The van der Waals surface area contributed by atoms with Crippen LogP contribution in [0.4, 0.5) is 5.69 Å². The zero-order chi connectivity index (χ0) is 31.9. The molecule has 44 heavy (non-hydrogen) atoms. The first-order valence-electron chi connectivity index (χ1n) is 15.7. The monoisotopic (exact) mass is 606 g/mol. The van der Waals surface area contributed by atoms with Crippen LogP contribution < -0.4 is 15.5 Å². The number of amides is 3. The third kappa shape index (κ3) is 7.84. The van der Waals surface area contributed by atoms with Crippen LogP contribution in [-0.2, 0) is 31.0 Å². The number of carboxylic acids is 1. The lowest BCUT2D eigenvalue weighted by molar-refractivity contribution is -0.145. The Morgan fingerprint density at radius 1 is 1.02 bits per heavy atom. The van der Waals surface area contributed by atoms with Gasteiger partial charge in [0.2, 0.25) is 17.7 Å². The summed E-state index contributed by atoms with van der Waals surface area (Å²) in [6, 6.07) is 17.7. The number of carboxylic acid groups (broad SMARTS) is 1. The number of para-hydroxylation sites is 1. The van der Waals surface area contributed by atoms with Crippen molar-refractivity contribution in [1.29, 1.82) is 0 Å². The highest BCUT2D eigenvalue weighted by molar-refractivity contribution is 6.08. The molecule has 0 spiro atoms. The number of nitrogens with one attached hydrogen (secondary N) is 2. The van der Waals surface area contributed by atoms with Crippen LogP contribution in [0.5, 0.6) is 0 Å². The van der Waals surface area contributed by atoms with E-state index in [1.807, 2.05) is 66.1 Å². The molecule has 2 aromatic carbocycles. The summed E-state index contributed by atoms with van der Waals surface area (Å²) in [6.45, 7) is 7.96. The normalized spacial score (nSPS) is 21.0. The van der Waals surface area contributed by atoms with Gasteiger partial charge < -0.3 is 30.6 Å². The standard InChI is InChI=1S/C31H40N4O3.C3H6O3/c1-31(2)25-12-6-7-13-27(25)35(30(31)38)24-16-19-34(20-17-24)29(37)26(15-14-22-9-4-3-5-10-22)33-28(36)23-11-8-18-32-21-23;1-2(4)3(5)6/h3-7,9-10,12-13,23-24,26,32H,8,11,14-21H2,1-2H3,(H,33,36);2,4H,1H3,(H,5,6)/t23-,26+;2-/m10/s1. The molecule has 238 valence electrons. The van der Waals surface area contributed by atoms with Crippen molar-refractivity contribution in [2.45, 2.75) is 82.9 Å². The molecule has 3 atom stereocenters. The molecule has 3 heterocycles. The molecule has 10 heteroatoms. The Morgan fingerprint density at radius 3 is 2.27 bits per heavy atom. The van der Waals surface area contributed by atoms with Crippen LogP contribution in [0.1, 0.15) is 64.0 Å². The minimum Gasteiger partial charge on any atom is -0.479 e. The van der Waals surface area contributed by atoms with E-state index in [-0.39, 0.29) is 29.7 Å². The van der Waals surface area contributed by atoms with E-state index in [1.165, 1.54) is 6.92 Å². The van der Waals surface area contributed by atoms with E-state index < -0.39 is 23.5 Å². The first kappa shape index (κ1) is 33.1. The highest BCUT2D eigenvalue weighted by Gasteiger charge is 2.47. The summed E-state index contributed by atoms with van der Waals surface area (Å²) >= 11 is 0. The lowest BCUT2D eigenvalue weighted by Crippen LogP contribution is -2.55. The molecular formula is C34H46N4O6. The molecule has 0 saturated carbocycles. The van der Waals surface area contributed by atoms with Crippen molar-refractivity contribution < 1.29 is 29.4 Å². The van der Waals surface area contributed by atoms with E-state index in [1.54, 1.807) is 0 Å². The molecular weight excluding hydrogens is 560 g/mol. The fourth-order valence-electron chi connectivity index (χ4n) is 6.24. The molecule has 0 radical (unpaired) electrons. The second kappa shape index (κ2) is 14.8. The number of hydrogen-bond acceptors (Lipinski definition) is 6. The van der Waals surface area contributed by atoms with E-state index in [2.05, 4.69) is 22.8 Å². The Labute approximate surface area is 259 Å². The van der Waals surface area contributed by atoms with Crippen molar-refractivity contribution in [1.82, 2.24) is 15.5 Å². The van der Waals surface area contributed by atoms with Crippen molar-refractivity contribution in [2.75, 3.05) is 31.1 Å². The number of anilines is 1. The summed E-state index contributed by atoms with van der Waals surface area (Å²) in [5, 5.41) is 22.2. The maximum Gasteiger partial charge on any atom is 0.332 e. The summed E-state index contributed by atoms with van der Waals surface area (Å²) in [6.07, 6.45) is 3.35. The Hall–Kier alpha value is -3.76. The molecule has 2 aromatic rings. The van der Waals surface area contributed by atoms with Gasteiger partial charge in [0.05, 0.1) is 11.3 Å². The summed E-state index contributed by atoms with van der Waals surface area (Å²) in [7, 11) is 0. The molecule has 10 nitrogen and oxygen atoms in total. The average molecular weight is 607 g/mol. The number of aryl methyl sites for hydroxylation is 1. The van der Waals surface area contributed by atoms with Gasteiger partial charge in [0.15, 0.2) is 0 Å². The first-order valence-corrected chi connectivity index (χ1v) is 15.7. The number of carbonyl (C=O) groups is 4. The van der Waals surface area contributed by atoms with Gasteiger partial charge in [0.25, 0.3) is 0 Å². The number of aliphatic carboxylic acids is 1. The number of aliphatic hydroxyl groups is 1. The van der Waals surface area contributed by atoms with E-state index in [0.717, 1.165) is 55.5 Å². The molecule has 4 N–H and O–H groups in total. The van der Waals surface area contributed by atoms with Crippen molar-refractivity contribution in [2.24, 2.45) is 5.92 Å². The molecule has 0 aromatic heterocycles. The summed E-state index contributed by atoms with van der Waals surface area (Å²) in [5.74, 6) is -1.18. The van der Waals surface area contributed by atoms with Crippen molar-refractivity contribution in [3.63, 3.8) is 0 Å². The second-order valence-electron chi connectivity index (χ2n) is 12.5. The van der Waals surface area contributed by atoms with Crippen molar-refractivity contribution >= 4 is 29.4 Å². The Bertz CT molecular complexity index is 1300. The van der Waals surface area contributed by atoms with E-state index >= 15 is 0 Å². The van der Waals surface area contributed by atoms with E-state index in [4.69, 9.17) is 10.2 Å².